The molecule has 0 atom stereocenters. The van der Waals surface area contributed by atoms with E-state index in [1.165, 1.54) is 6.33 Å². The van der Waals surface area contributed by atoms with Gasteiger partial charge in [0.25, 0.3) is 0 Å². The van der Waals surface area contributed by atoms with Gasteiger partial charge < -0.3 is 15.4 Å². The zero-order chi connectivity index (χ0) is 17.5. The number of rotatable bonds is 6. The monoisotopic (exact) mass is 331 g/mol. The minimum Gasteiger partial charge on any atom is -0.494 e. The maximum Gasteiger partial charge on any atom is 0.135 e. The average Bonchev–Trinajstić information content (AvgIpc) is 2.65. The van der Waals surface area contributed by atoms with E-state index in [4.69, 9.17) is 10.00 Å². The van der Waals surface area contributed by atoms with Gasteiger partial charge in [-0.1, -0.05) is 0 Å². The Labute approximate surface area is 146 Å². The van der Waals surface area contributed by atoms with E-state index in [2.05, 4.69) is 26.7 Å². The topological polar surface area (TPSA) is 82.9 Å². The number of hydrogen-bond acceptors (Lipinski definition) is 6. The van der Waals surface area contributed by atoms with Crippen molar-refractivity contribution >= 4 is 23.0 Å². The molecule has 2 aromatic carbocycles. The van der Waals surface area contributed by atoms with Crippen LogP contribution in [0.15, 0.2) is 60.9 Å². The van der Waals surface area contributed by atoms with Gasteiger partial charge in [0.1, 0.15) is 23.7 Å². The molecular formula is C19H17N5O. The maximum atomic E-state index is 8.83. The van der Waals surface area contributed by atoms with E-state index >= 15 is 0 Å². The van der Waals surface area contributed by atoms with Crippen LogP contribution in [-0.2, 0) is 0 Å². The van der Waals surface area contributed by atoms with E-state index in [1.807, 2.05) is 49.4 Å². The first-order chi connectivity index (χ1) is 12.3. The second-order valence-corrected chi connectivity index (χ2v) is 5.19. The standard InChI is InChI=1S/C19H17N5O/c1-2-25-17-9-7-16(8-10-17)24-19-11-18(21-13-22-19)23-15-5-3-14(12-20)4-6-15/h3-11,13H,2H2,1H3,(H2,21,22,23,24). The molecule has 0 bridgehead atoms. The van der Waals surface area contributed by atoms with E-state index in [1.54, 1.807) is 12.1 Å². The highest BCUT2D eigenvalue weighted by Crippen LogP contribution is 2.21. The second-order valence-electron chi connectivity index (χ2n) is 5.19. The number of nitrogens with zero attached hydrogens (tertiary/aromatic N) is 3. The molecule has 0 radical (unpaired) electrons. The van der Waals surface area contributed by atoms with Crippen molar-refractivity contribution in [3.8, 4) is 11.8 Å². The molecule has 0 spiro atoms. The summed E-state index contributed by atoms with van der Waals surface area (Å²) in [6.45, 7) is 2.60. The Morgan fingerprint density at radius 3 is 2.00 bits per heavy atom. The van der Waals surface area contributed by atoms with Gasteiger partial charge in [0.05, 0.1) is 18.2 Å². The zero-order valence-corrected chi connectivity index (χ0v) is 13.7. The quantitative estimate of drug-likeness (QED) is 0.703. The molecule has 0 fully saturated rings. The van der Waals surface area contributed by atoms with Crippen molar-refractivity contribution < 1.29 is 4.74 Å². The van der Waals surface area contributed by atoms with Crippen LogP contribution < -0.4 is 15.4 Å². The lowest BCUT2D eigenvalue weighted by molar-refractivity contribution is 0.340. The van der Waals surface area contributed by atoms with Gasteiger partial charge in [0.2, 0.25) is 0 Å². The third-order valence-electron chi connectivity index (χ3n) is 3.39. The summed E-state index contributed by atoms with van der Waals surface area (Å²) in [6, 6.07) is 18.8. The van der Waals surface area contributed by atoms with E-state index in [0.717, 1.165) is 17.1 Å². The summed E-state index contributed by atoms with van der Waals surface area (Å²) in [5, 5.41) is 15.2. The van der Waals surface area contributed by atoms with Gasteiger partial charge >= 0.3 is 0 Å². The molecule has 3 aromatic rings. The normalized spacial score (nSPS) is 9.92. The molecule has 124 valence electrons. The van der Waals surface area contributed by atoms with Crippen LogP contribution >= 0.6 is 0 Å². The van der Waals surface area contributed by atoms with Crippen molar-refractivity contribution in [2.24, 2.45) is 0 Å². The van der Waals surface area contributed by atoms with Crippen LogP contribution in [0.5, 0.6) is 5.75 Å². The second kappa shape index (κ2) is 7.79. The Kier molecular flexibility index (Phi) is 5.07. The highest BCUT2D eigenvalue weighted by atomic mass is 16.5. The molecule has 0 saturated heterocycles. The lowest BCUT2D eigenvalue weighted by Crippen LogP contribution is -1.98. The van der Waals surface area contributed by atoms with Crippen LogP contribution in [-0.4, -0.2) is 16.6 Å². The molecule has 25 heavy (non-hydrogen) atoms. The molecule has 6 heteroatoms. The van der Waals surface area contributed by atoms with Gasteiger partial charge in [-0.15, -0.1) is 0 Å². The van der Waals surface area contributed by atoms with Crippen molar-refractivity contribution in [3.05, 3.63) is 66.5 Å². The Hall–Kier alpha value is -3.59. The van der Waals surface area contributed by atoms with Crippen molar-refractivity contribution in [3.63, 3.8) is 0 Å². The smallest absolute Gasteiger partial charge is 0.135 e. The number of nitrogens with one attached hydrogen (secondary N) is 2. The first kappa shape index (κ1) is 16.3. The minimum atomic E-state index is 0.617. The van der Waals surface area contributed by atoms with Gasteiger partial charge in [-0.05, 0) is 55.5 Å². The first-order valence-corrected chi connectivity index (χ1v) is 7.86. The zero-order valence-electron chi connectivity index (χ0n) is 13.7. The minimum absolute atomic E-state index is 0.617. The molecule has 0 unspecified atom stereocenters. The number of nitriles is 1. The predicted molar refractivity (Wildman–Crippen MR) is 97.4 cm³/mol. The number of ether oxygens (including phenoxy) is 1. The Morgan fingerprint density at radius 1 is 0.920 bits per heavy atom. The van der Waals surface area contributed by atoms with Crippen molar-refractivity contribution in [1.29, 1.82) is 5.26 Å². The molecule has 0 aliphatic heterocycles. The predicted octanol–water partition coefficient (Wildman–Crippen LogP) is 4.23. The largest absolute Gasteiger partial charge is 0.494 e. The molecule has 1 aromatic heterocycles. The fourth-order valence-corrected chi connectivity index (χ4v) is 2.22. The van der Waals surface area contributed by atoms with Gasteiger partial charge in [0, 0.05) is 17.4 Å². The SMILES string of the molecule is CCOc1ccc(Nc2cc(Nc3ccc(C#N)cc3)ncn2)cc1. The van der Waals surface area contributed by atoms with Crippen LogP contribution in [0.2, 0.25) is 0 Å². The molecular weight excluding hydrogens is 314 g/mol. The van der Waals surface area contributed by atoms with Crippen LogP contribution in [0.3, 0.4) is 0 Å². The highest BCUT2D eigenvalue weighted by molar-refractivity contribution is 5.63. The number of hydrogen-bond donors (Lipinski definition) is 2. The molecule has 0 aliphatic rings. The summed E-state index contributed by atoms with van der Waals surface area (Å²) in [7, 11) is 0. The Balaban J connectivity index is 1.69. The molecule has 6 nitrogen and oxygen atoms in total. The number of aromatic nitrogens is 2. The summed E-state index contributed by atoms with van der Waals surface area (Å²) in [5.74, 6) is 2.17. The fourth-order valence-electron chi connectivity index (χ4n) is 2.22. The van der Waals surface area contributed by atoms with Gasteiger partial charge in [-0.2, -0.15) is 5.26 Å². The lowest BCUT2D eigenvalue weighted by Gasteiger charge is -2.09. The van der Waals surface area contributed by atoms with Crippen LogP contribution in [0.1, 0.15) is 12.5 Å². The average molecular weight is 331 g/mol. The van der Waals surface area contributed by atoms with Crippen molar-refractivity contribution in [1.82, 2.24) is 9.97 Å². The summed E-state index contributed by atoms with van der Waals surface area (Å²) in [5.41, 5.74) is 2.38. The molecule has 3 rings (SSSR count). The van der Waals surface area contributed by atoms with Crippen molar-refractivity contribution in [2.45, 2.75) is 6.92 Å². The van der Waals surface area contributed by atoms with Gasteiger partial charge in [-0.3, -0.25) is 0 Å². The summed E-state index contributed by atoms with van der Waals surface area (Å²) < 4.78 is 5.43. The maximum absolute atomic E-state index is 8.83. The molecule has 0 aliphatic carbocycles. The summed E-state index contributed by atoms with van der Waals surface area (Å²) in [6.07, 6.45) is 1.49. The Morgan fingerprint density at radius 2 is 1.48 bits per heavy atom. The van der Waals surface area contributed by atoms with E-state index in [9.17, 15) is 0 Å². The van der Waals surface area contributed by atoms with Crippen LogP contribution in [0.25, 0.3) is 0 Å². The molecule has 2 N–H and O–H groups in total. The molecule has 0 amide bonds. The van der Waals surface area contributed by atoms with Gasteiger partial charge in [0.15, 0.2) is 0 Å². The highest BCUT2D eigenvalue weighted by Gasteiger charge is 2.02. The van der Waals surface area contributed by atoms with Crippen molar-refractivity contribution in [2.75, 3.05) is 17.2 Å². The molecule has 0 saturated carbocycles. The van der Waals surface area contributed by atoms with Crippen LogP contribution in [0, 0.1) is 11.3 Å². The third kappa shape index (κ3) is 4.45. The first-order valence-electron chi connectivity index (χ1n) is 7.86. The summed E-state index contributed by atoms with van der Waals surface area (Å²) >= 11 is 0. The van der Waals surface area contributed by atoms with E-state index in [0.29, 0.717) is 23.8 Å². The number of anilines is 4. The molecule has 1 heterocycles. The third-order valence-corrected chi connectivity index (χ3v) is 3.39. The lowest BCUT2D eigenvalue weighted by atomic mass is 10.2. The van der Waals surface area contributed by atoms with E-state index in [-0.39, 0.29) is 0 Å². The number of benzene rings is 2. The van der Waals surface area contributed by atoms with Gasteiger partial charge in [-0.25, -0.2) is 9.97 Å². The summed E-state index contributed by atoms with van der Waals surface area (Å²) in [4.78, 5) is 8.44. The van der Waals surface area contributed by atoms with E-state index < -0.39 is 0 Å². The Bertz CT molecular complexity index is 870. The van der Waals surface area contributed by atoms with Crippen LogP contribution in [0.4, 0.5) is 23.0 Å². The fraction of sp³-hybridized carbons (Fsp3) is 0.105.